The van der Waals surface area contributed by atoms with Gasteiger partial charge in [0.05, 0.1) is 5.56 Å². The zero-order valence-electron chi connectivity index (χ0n) is 7.73. The summed E-state index contributed by atoms with van der Waals surface area (Å²) < 4.78 is 1.79. The quantitative estimate of drug-likeness (QED) is 0.628. The van der Waals surface area contributed by atoms with Gasteiger partial charge in [0, 0.05) is 12.1 Å². The normalized spacial score (nSPS) is 9.50. The number of rotatable bonds is 3. The number of aliphatic carboxylic acids is 1. The van der Waals surface area contributed by atoms with Gasteiger partial charge in [-0.1, -0.05) is 0 Å². The third-order valence-electron chi connectivity index (χ3n) is 1.64. The molecular formula is C9H11N2O3+. The van der Waals surface area contributed by atoms with E-state index < -0.39 is 5.97 Å². The molecule has 0 aliphatic carbocycles. The van der Waals surface area contributed by atoms with Crippen LogP contribution >= 0.6 is 0 Å². The standard InChI is InChI=1S/C9H10N2O3/c1-11-4-2-7(3-5-11)9(14)10-6-8(12)13/h2-5H,6H2,1H3,(H-,10,12,13,14)/p+1. The molecule has 1 aromatic rings. The summed E-state index contributed by atoms with van der Waals surface area (Å²) in [4.78, 5) is 21.4. The Morgan fingerprint density at radius 1 is 1.43 bits per heavy atom. The predicted octanol–water partition coefficient (Wildman–Crippen LogP) is -0.674. The number of carbonyl (C=O) groups excluding carboxylic acids is 1. The molecule has 0 atom stereocenters. The fourth-order valence-corrected chi connectivity index (χ4v) is 0.910. The van der Waals surface area contributed by atoms with Crippen molar-refractivity contribution in [2.45, 2.75) is 0 Å². The van der Waals surface area contributed by atoms with E-state index in [2.05, 4.69) is 5.32 Å². The number of amides is 1. The van der Waals surface area contributed by atoms with Crippen LogP contribution in [0.3, 0.4) is 0 Å². The molecule has 0 aliphatic rings. The van der Waals surface area contributed by atoms with Gasteiger partial charge in [-0.25, -0.2) is 4.57 Å². The molecule has 74 valence electrons. The van der Waals surface area contributed by atoms with E-state index in [0.29, 0.717) is 5.56 Å². The Labute approximate surface area is 81.0 Å². The van der Waals surface area contributed by atoms with Crippen LogP contribution < -0.4 is 9.88 Å². The zero-order valence-corrected chi connectivity index (χ0v) is 7.73. The van der Waals surface area contributed by atoms with Gasteiger partial charge in [-0.15, -0.1) is 0 Å². The number of aryl methyl sites for hydroxylation is 1. The maximum atomic E-state index is 11.3. The highest BCUT2D eigenvalue weighted by molar-refractivity contribution is 5.95. The van der Waals surface area contributed by atoms with Crippen LogP contribution in [0, 0.1) is 0 Å². The molecule has 0 aromatic carbocycles. The fourth-order valence-electron chi connectivity index (χ4n) is 0.910. The van der Waals surface area contributed by atoms with Gasteiger partial charge >= 0.3 is 5.97 Å². The van der Waals surface area contributed by atoms with Gasteiger partial charge in [-0.05, 0) is 0 Å². The number of carbonyl (C=O) groups is 2. The molecule has 0 aliphatic heterocycles. The summed E-state index contributed by atoms with van der Waals surface area (Å²) in [7, 11) is 1.83. The summed E-state index contributed by atoms with van der Waals surface area (Å²) in [5, 5.41) is 10.6. The van der Waals surface area contributed by atoms with E-state index in [9.17, 15) is 9.59 Å². The van der Waals surface area contributed by atoms with Gasteiger partial charge in [0.25, 0.3) is 5.91 Å². The largest absolute Gasteiger partial charge is 0.480 e. The second-order valence-corrected chi connectivity index (χ2v) is 2.83. The number of pyridine rings is 1. The lowest BCUT2D eigenvalue weighted by molar-refractivity contribution is -0.671. The van der Waals surface area contributed by atoms with Crippen molar-refractivity contribution >= 4 is 11.9 Å². The van der Waals surface area contributed by atoms with Gasteiger partial charge in [-0.3, -0.25) is 9.59 Å². The molecule has 0 radical (unpaired) electrons. The molecule has 5 heteroatoms. The molecule has 1 aromatic heterocycles. The van der Waals surface area contributed by atoms with E-state index in [-0.39, 0.29) is 12.5 Å². The monoisotopic (exact) mass is 195 g/mol. The first-order valence-corrected chi connectivity index (χ1v) is 4.05. The van der Waals surface area contributed by atoms with Crippen molar-refractivity contribution in [1.82, 2.24) is 5.32 Å². The van der Waals surface area contributed by atoms with Crippen LogP contribution in [0.2, 0.25) is 0 Å². The highest BCUT2D eigenvalue weighted by Crippen LogP contribution is 1.93. The molecule has 1 heterocycles. The minimum Gasteiger partial charge on any atom is -0.480 e. The maximum absolute atomic E-state index is 11.3. The van der Waals surface area contributed by atoms with Gasteiger partial charge < -0.3 is 10.4 Å². The second-order valence-electron chi connectivity index (χ2n) is 2.83. The van der Waals surface area contributed by atoms with Crippen molar-refractivity contribution in [2.75, 3.05) is 6.54 Å². The molecule has 2 N–H and O–H groups in total. The number of carboxylic acids is 1. The van der Waals surface area contributed by atoms with Crippen molar-refractivity contribution in [1.29, 1.82) is 0 Å². The summed E-state index contributed by atoms with van der Waals surface area (Å²) in [6.45, 7) is -0.361. The Hall–Kier alpha value is -1.91. The van der Waals surface area contributed by atoms with Gasteiger partial charge in [0.1, 0.15) is 13.6 Å². The topological polar surface area (TPSA) is 70.3 Å². The maximum Gasteiger partial charge on any atom is 0.322 e. The van der Waals surface area contributed by atoms with Crippen molar-refractivity contribution in [3.8, 4) is 0 Å². The van der Waals surface area contributed by atoms with Gasteiger partial charge in [-0.2, -0.15) is 0 Å². The Kier molecular flexibility index (Phi) is 3.17. The van der Waals surface area contributed by atoms with Crippen LogP contribution in [0.4, 0.5) is 0 Å². The molecule has 0 fully saturated rings. The third-order valence-corrected chi connectivity index (χ3v) is 1.64. The Morgan fingerprint density at radius 3 is 2.50 bits per heavy atom. The molecule has 0 saturated heterocycles. The number of aromatic nitrogens is 1. The lowest BCUT2D eigenvalue weighted by Crippen LogP contribution is -2.31. The van der Waals surface area contributed by atoms with E-state index in [1.165, 1.54) is 0 Å². The summed E-state index contributed by atoms with van der Waals surface area (Å²) in [5.41, 5.74) is 0.448. The van der Waals surface area contributed by atoms with Crippen molar-refractivity contribution in [2.24, 2.45) is 7.05 Å². The van der Waals surface area contributed by atoms with E-state index in [0.717, 1.165) is 0 Å². The average molecular weight is 195 g/mol. The highest BCUT2D eigenvalue weighted by Gasteiger charge is 2.07. The first kappa shape index (κ1) is 10.2. The van der Waals surface area contributed by atoms with Crippen LogP contribution in [0.5, 0.6) is 0 Å². The van der Waals surface area contributed by atoms with Crippen LogP contribution in [0.15, 0.2) is 24.5 Å². The van der Waals surface area contributed by atoms with Crippen LogP contribution in [-0.4, -0.2) is 23.5 Å². The van der Waals surface area contributed by atoms with Crippen molar-refractivity contribution in [3.63, 3.8) is 0 Å². The minimum absolute atomic E-state index is 0.361. The predicted molar refractivity (Wildman–Crippen MR) is 47.6 cm³/mol. The molecule has 0 bridgehead atoms. The van der Waals surface area contributed by atoms with E-state index in [1.54, 1.807) is 29.1 Å². The molecule has 5 nitrogen and oxygen atoms in total. The number of nitrogens with one attached hydrogen (secondary N) is 1. The van der Waals surface area contributed by atoms with Crippen LogP contribution in [0.25, 0.3) is 0 Å². The van der Waals surface area contributed by atoms with Crippen molar-refractivity contribution < 1.29 is 19.3 Å². The summed E-state index contributed by atoms with van der Waals surface area (Å²) >= 11 is 0. The van der Waals surface area contributed by atoms with Gasteiger partial charge in [0.2, 0.25) is 0 Å². The first-order chi connectivity index (χ1) is 6.59. The lowest BCUT2D eigenvalue weighted by Gasteiger charge is -2.00. The van der Waals surface area contributed by atoms with Gasteiger partial charge in [0.15, 0.2) is 12.4 Å². The van der Waals surface area contributed by atoms with Crippen molar-refractivity contribution in [3.05, 3.63) is 30.1 Å². The number of nitrogens with zero attached hydrogens (tertiary/aromatic N) is 1. The first-order valence-electron chi connectivity index (χ1n) is 4.05. The van der Waals surface area contributed by atoms with E-state index in [1.807, 2.05) is 7.05 Å². The molecule has 1 rings (SSSR count). The molecule has 14 heavy (non-hydrogen) atoms. The third kappa shape index (κ3) is 2.85. The molecular weight excluding hydrogens is 184 g/mol. The number of hydrogen-bond donors (Lipinski definition) is 2. The smallest absolute Gasteiger partial charge is 0.322 e. The second kappa shape index (κ2) is 4.36. The summed E-state index contributed by atoms with van der Waals surface area (Å²) in [6.07, 6.45) is 3.44. The highest BCUT2D eigenvalue weighted by atomic mass is 16.4. The van der Waals surface area contributed by atoms with Crippen LogP contribution in [-0.2, 0) is 11.8 Å². The Balaban J connectivity index is 2.61. The summed E-state index contributed by atoms with van der Waals surface area (Å²) in [6, 6.07) is 3.24. The molecule has 0 unspecified atom stereocenters. The van der Waals surface area contributed by atoms with E-state index >= 15 is 0 Å². The molecule has 0 saturated carbocycles. The Morgan fingerprint density at radius 2 is 2.00 bits per heavy atom. The zero-order chi connectivity index (χ0) is 10.6. The average Bonchev–Trinajstić information content (AvgIpc) is 2.15. The number of hydrogen-bond acceptors (Lipinski definition) is 2. The fraction of sp³-hybridized carbons (Fsp3) is 0.222. The van der Waals surface area contributed by atoms with Crippen LogP contribution in [0.1, 0.15) is 10.4 Å². The molecule has 0 spiro atoms. The van der Waals surface area contributed by atoms with E-state index in [4.69, 9.17) is 5.11 Å². The molecule has 1 amide bonds. The number of carboxylic acid groups (broad SMARTS) is 1. The Bertz CT molecular complexity index is 346. The SMILES string of the molecule is C[n+]1ccc(C(=O)NCC(=O)O)cc1. The lowest BCUT2D eigenvalue weighted by atomic mass is 10.2. The summed E-state index contributed by atoms with van der Waals surface area (Å²) in [5.74, 6) is -1.44. The minimum atomic E-state index is -1.06.